The van der Waals surface area contributed by atoms with E-state index in [-0.39, 0.29) is 6.42 Å². The molecule has 0 radical (unpaired) electrons. The summed E-state index contributed by atoms with van der Waals surface area (Å²) in [5, 5.41) is 10.5. The Bertz CT molecular complexity index is 592. The molecule has 0 saturated heterocycles. The highest BCUT2D eigenvalue weighted by atomic mass is 35.5. The molecule has 0 saturated carbocycles. The van der Waals surface area contributed by atoms with Crippen LogP contribution in [0.2, 0.25) is 5.02 Å². The van der Waals surface area contributed by atoms with E-state index in [1.807, 2.05) is 31.2 Å². The van der Waals surface area contributed by atoms with Crippen molar-refractivity contribution in [1.82, 2.24) is 4.98 Å². The van der Waals surface area contributed by atoms with Crippen molar-refractivity contribution in [2.45, 2.75) is 32.6 Å². The first-order chi connectivity index (χ1) is 9.58. The topological polar surface area (TPSA) is 50.2 Å². The Morgan fingerprint density at radius 2 is 2.05 bits per heavy atom. The maximum absolute atomic E-state index is 10.7. The average Bonchev–Trinajstić information content (AvgIpc) is 2.81. The van der Waals surface area contributed by atoms with Gasteiger partial charge in [-0.15, -0.1) is 11.3 Å². The number of benzene rings is 1. The van der Waals surface area contributed by atoms with Gasteiger partial charge in [0.05, 0.1) is 17.1 Å². The third-order valence-corrected chi connectivity index (χ3v) is 4.40. The molecule has 1 aromatic heterocycles. The quantitative estimate of drug-likeness (QED) is 0.878. The summed E-state index contributed by atoms with van der Waals surface area (Å²) in [5.74, 6) is -0.764. The minimum atomic E-state index is -0.764. The fraction of sp³-hybridized carbons (Fsp3) is 0.333. The standard InChI is InChI=1S/C15H16ClNO2S/c1-2-12-13(7-8-15(18)19)20-14(17-12)9-10-3-5-11(16)6-4-10/h3-6H,2,7-9H2,1H3,(H,18,19). The Kier molecular flexibility index (Phi) is 5.15. The van der Waals surface area contributed by atoms with Crippen molar-refractivity contribution < 1.29 is 9.90 Å². The van der Waals surface area contributed by atoms with Crippen LogP contribution in [-0.2, 0) is 24.1 Å². The minimum absolute atomic E-state index is 0.162. The highest BCUT2D eigenvalue weighted by Crippen LogP contribution is 2.23. The molecular formula is C15H16ClNO2S. The van der Waals surface area contributed by atoms with Crippen molar-refractivity contribution in [1.29, 1.82) is 0 Å². The zero-order valence-electron chi connectivity index (χ0n) is 11.2. The van der Waals surface area contributed by atoms with Gasteiger partial charge in [0, 0.05) is 16.3 Å². The van der Waals surface area contributed by atoms with E-state index in [1.165, 1.54) is 0 Å². The lowest BCUT2D eigenvalue weighted by Crippen LogP contribution is -1.98. The summed E-state index contributed by atoms with van der Waals surface area (Å²) in [7, 11) is 0. The summed E-state index contributed by atoms with van der Waals surface area (Å²) in [6, 6.07) is 7.73. The molecule has 2 rings (SSSR count). The van der Waals surface area contributed by atoms with E-state index < -0.39 is 5.97 Å². The first-order valence-corrected chi connectivity index (χ1v) is 7.71. The van der Waals surface area contributed by atoms with Gasteiger partial charge in [-0.1, -0.05) is 30.7 Å². The number of carboxylic acid groups (broad SMARTS) is 1. The number of hydrogen-bond donors (Lipinski definition) is 1. The zero-order valence-corrected chi connectivity index (χ0v) is 12.8. The van der Waals surface area contributed by atoms with Crippen molar-refractivity contribution >= 4 is 28.9 Å². The van der Waals surface area contributed by atoms with Crippen LogP contribution in [0.3, 0.4) is 0 Å². The van der Waals surface area contributed by atoms with Crippen LogP contribution in [0.4, 0.5) is 0 Å². The van der Waals surface area contributed by atoms with Gasteiger partial charge in [-0.2, -0.15) is 0 Å². The number of carbonyl (C=O) groups is 1. The third kappa shape index (κ3) is 4.05. The minimum Gasteiger partial charge on any atom is -0.481 e. The Morgan fingerprint density at radius 1 is 1.35 bits per heavy atom. The van der Waals surface area contributed by atoms with Crippen molar-refractivity contribution in [2.24, 2.45) is 0 Å². The molecule has 0 atom stereocenters. The molecule has 1 N–H and O–H groups in total. The van der Waals surface area contributed by atoms with Gasteiger partial charge >= 0.3 is 5.97 Å². The number of carboxylic acids is 1. The van der Waals surface area contributed by atoms with Crippen LogP contribution in [0.1, 0.15) is 34.5 Å². The molecule has 106 valence electrons. The van der Waals surface area contributed by atoms with E-state index in [1.54, 1.807) is 11.3 Å². The molecule has 0 spiro atoms. The Balaban J connectivity index is 2.12. The molecule has 0 aliphatic rings. The van der Waals surface area contributed by atoms with Crippen LogP contribution >= 0.6 is 22.9 Å². The van der Waals surface area contributed by atoms with E-state index in [4.69, 9.17) is 16.7 Å². The highest BCUT2D eigenvalue weighted by molar-refractivity contribution is 7.11. The van der Waals surface area contributed by atoms with Crippen LogP contribution in [-0.4, -0.2) is 16.1 Å². The van der Waals surface area contributed by atoms with E-state index >= 15 is 0 Å². The Hall–Kier alpha value is -1.39. The summed E-state index contributed by atoms with van der Waals surface area (Å²) in [4.78, 5) is 16.4. The second-order valence-corrected chi connectivity index (χ2v) is 6.13. The average molecular weight is 310 g/mol. The fourth-order valence-corrected chi connectivity index (χ4v) is 3.30. The summed E-state index contributed by atoms with van der Waals surface area (Å²) in [5.41, 5.74) is 2.19. The van der Waals surface area contributed by atoms with Crippen molar-refractivity contribution in [3.63, 3.8) is 0 Å². The predicted octanol–water partition coefficient (Wildman–Crippen LogP) is 3.97. The molecule has 1 aromatic carbocycles. The molecule has 0 fully saturated rings. The molecule has 0 aliphatic heterocycles. The highest BCUT2D eigenvalue weighted by Gasteiger charge is 2.11. The zero-order chi connectivity index (χ0) is 14.5. The largest absolute Gasteiger partial charge is 0.481 e. The maximum atomic E-state index is 10.7. The molecule has 0 unspecified atom stereocenters. The molecule has 0 amide bonds. The van der Waals surface area contributed by atoms with E-state index in [0.29, 0.717) is 6.42 Å². The van der Waals surface area contributed by atoms with Gasteiger partial charge in [-0.3, -0.25) is 4.79 Å². The summed E-state index contributed by atoms with van der Waals surface area (Å²) >= 11 is 7.49. The summed E-state index contributed by atoms with van der Waals surface area (Å²) in [6.45, 7) is 2.05. The first-order valence-electron chi connectivity index (χ1n) is 6.52. The SMILES string of the molecule is CCc1nc(Cc2ccc(Cl)cc2)sc1CCC(=O)O. The number of aryl methyl sites for hydroxylation is 2. The van der Waals surface area contributed by atoms with Gasteiger partial charge < -0.3 is 5.11 Å². The van der Waals surface area contributed by atoms with Gasteiger partial charge in [0.15, 0.2) is 0 Å². The van der Waals surface area contributed by atoms with Crippen LogP contribution < -0.4 is 0 Å². The smallest absolute Gasteiger partial charge is 0.303 e. The summed E-state index contributed by atoms with van der Waals surface area (Å²) < 4.78 is 0. The number of hydrogen-bond acceptors (Lipinski definition) is 3. The molecular weight excluding hydrogens is 294 g/mol. The molecule has 20 heavy (non-hydrogen) atoms. The van der Waals surface area contributed by atoms with Gasteiger partial charge in [0.25, 0.3) is 0 Å². The van der Waals surface area contributed by atoms with E-state index in [0.717, 1.165) is 39.0 Å². The van der Waals surface area contributed by atoms with Crippen molar-refractivity contribution in [2.75, 3.05) is 0 Å². The van der Waals surface area contributed by atoms with Gasteiger partial charge in [-0.25, -0.2) is 4.98 Å². The normalized spacial score (nSPS) is 10.7. The number of nitrogens with zero attached hydrogens (tertiary/aromatic N) is 1. The third-order valence-electron chi connectivity index (χ3n) is 2.99. The predicted molar refractivity (Wildman–Crippen MR) is 81.7 cm³/mol. The van der Waals surface area contributed by atoms with E-state index in [9.17, 15) is 4.79 Å². The number of aromatic nitrogens is 1. The van der Waals surface area contributed by atoms with Gasteiger partial charge in [0.2, 0.25) is 0 Å². The van der Waals surface area contributed by atoms with Crippen molar-refractivity contribution in [3.05, 3.63) is 50.4 Å². The number of rotatable bonds is 6. The molecule has 2 aromatic rings. The van der Waals surface area contributed by atoms with E-state index in [2.05, 4.69) is 4.98 Å². The molecule has 5 heteroatoms. The second kappa shape index (κ2) is 6.86. The second-order valence-electron chi connectivity index (χ2n) is 4.53. The van der Waals surface area contributed by atoms with Gasteiger partial charge in [-0.05, 0) is 30.5 Å². The molecule has 1 heterocycles. The number of thiazole rings is 1. The Morgan fingerprint density at radius 3 is 2.65 bits per heavy atom. The van der Waals surface area contributed by atoms with Crippen LogP contribution in [0.15, 0.2) is 24.3 Å². The lowest BCUT2D eigenvalue weighted by atomic mass is 10.1. The van der Waals surface area contributed by atoms with Crippen LogP contribution in [0.5, 0.6) is 0 Å². The molecule has 0 bridgehead atoms. The lowest BCUT2D eigenvalue weighted by Gasteiger charge is -1.97. The van der Waals surface area contributed by atoms with Crippen molar-refractivity contribution in [3.8, 4) is 0 Å². The summed E-state index contributed by atoms with van der Waals surface area (Å²) in [6.07, 6.45) is 2.33. The monoisotopic (exact) mass is 309 g/mol. The fourth-order valence-electron chi connectivity index (χ4n) is 1.98. The van der Waals surface area contributed by atoms with Crippen LogP contribution in [0, 0.1) is 0 Å². The molecule has 0 aliphatic carbocycles. The van der Waals surface area contributed by atoms with Gasteiger partial charge in [0.1, 0.15) is 0 Å². The first kappa shape index (κ1) is 15.0. The van der Waals surface area contributed by atoms with Crippen LogP contribution in [0.25, 0.3) is 0 Å². The number of halogens is 1. The maximum Gasteiger partial charge on any atom is 0.303 e. The molecule has 3 nitrogen and oxygen atoms in total. The number of aliphatic carboxylic acids is 1. The Labute approximate surface area is 127 Å². The lowest BCUT2D eigenvalue weighted by molar-refractivity contribution is -0.136.